The molecular formula is C18H27ClN2O3. The molecule has 1 aromatic rings. The van der Waals surface area contributed by atoms with E-state index >= 15 is 0 Å². The second-order valence-electron chi connectivity index (χ2n) is 5.76. The number of hydrogen-bond donors (Lipinski definition) is 2. The first-order valence-electron chi connectivity index (χ1n) is 8.11. The summed E-state index contributed by atoms with van der Waals surface area (Å²) in [6.45, 7) is 6.56. The van der Waals surface area contributed by atoms with Gasteiger partial charge in [0.15, 0.2) is 18.1 Å². The second kappa shape index (κ2) is 10.9. The van der Waals surface area contributed by atoms with Gasteiger partial charge in [0, 0.05) is 6.54 Å². The molecule has 1 aromatic carbocycles. The Kier molecular flexibility index (Phi) is 9.27. The number of hydrogen-bond acceptors (Lipinski definition) is 4. The van der Waals surface area contributed by atoms with Gasteiger partial charge in [-0.2, -0.15) is 0 Å². The third-order valence-electron chi connectivity index (χ3n) is 4.00. The Hall–Kier alpha value is -1.72. The van der Waals surface area contributed by atoms with Crippen LogP contribution in [0.1, 0.15) is 18.4 Å². The minimum Gasteiger partial charge on any atom is -0.493 e. The van der Waals surface area contributed by atoms with E-state index in [1.165, 1.54) is 6.42 Å². The molecule has 1 unspecified atom stereocenters. The lowest BCUT2D eigenvalue weighted by molar-refractivity contribution is -0.123. The maximum absolute atomic E-state index is 11.9. The fourth-order valence-electron chi connectivity index (χ4n) is 2.70. The molecule has 0 spiro atoms. The summed E-state index contributed by atoms with van der Waals surface area (Å²) in [6.07, 6.45) is 4.81. The SMILES string of the molecule is C=CCc1ccc(OCC(=O)NCCC2CCNC2)c(OC)c1.Cl. The van der Waals surface area contributed by atoms with Gasteiger partial charge in [0.25, 0.3) is 5.91 Å². The van der Waals surface area contributed by atoms with Gasteiger partial charge in [-0.05, 0) is 56.0 Å². The standard InChI is InChI=1S/C18H26N2O3.ClH/c1-3-4-14-5-6-16(17(11-14)22-2)23-13-18(21)20-10-8-15-7-9-19-12-15;/h3,5-6,11,15,19H,1,4,7-10,12-13H2,2H3,(H,20,21);1H. The first-order chi connectivity index (χ1) is 11.2. The van der Waals surface area contributed by atoms with Crippen LogP contribution in [0.4, 0.5) is 0 Å². The van der Waals surface area contributed by atoms with Gasteiger partial charge in [0.1, 0.15) is 0 Å². The Morgan fingerprint density at radius 2 is 2.29 bits per heavy atom. The van der Waals surface area contributed by atoms with Crippen molar-refractivity contribution in [1.82, 2.24) is 10.6 Å². The van der Waals surface area contributed by atoms with Crippen LogP contribution in [0.2, 0.25) is 0 Å². The van der Waals surface area contributed by atoms with E-state index in [1.54, 1.807) is 7.11 Å². The molecule has 2 rings (SSSR count). The summed E-state index contributed by atoms with van der Waals surface area (Å²) in [5, 5.41) is 6.23. The molecule has 0 saturated carbocycles. The third kappa shape index (κ3) is 6.42. The first-order valence-corrected chi connectivity index (χ1v) is 8.11. The Labute approximate surface area is 150 Å². The van der Waals surface area contributed by atoms with Crippen molar-refractivity contribution in [3.8, 4) is 11.5 Å². The van der Waals surface area contributed by atoms with Crippen LogP contribution in [-0.2, 0) is 11.2 Å². The van der Waals surface area contributed by atoms with E-state index in [9.17, 15) is 4.79 Å². The normalized spacial score (nSPS) is 16.1. The van der Waals surface area contributed by atoms with Crippen molar-refractivity contribution in [2.45, 2.75) is 19.3 Å². The molecule has 5 nitrogen and oxygen atoms in total. The van der Waals surface area contributed by atoms with Crippen molar-refractivity contribution >= 4 is 18.3 Å². The average molecular weight is 355 g/mol. The van der Waals surface area contributed by atoms with Crippen molar-refractivity contribution < 1.29 is 14.3 Å². The molecule has 1 aliphatic rings. The molecule has 24 heavy (non-hydrogen) atoms. The summed E-state index contributed by atoms with van der Waals surface area (Å²) in [7, 11) is 1.59. The Balaban J connectivity index is 0.00000288. The zero-order valence-electron chi connectivity index (χ0n) is 14.2. The quantitative estimate of drug-likeness (QED) is 0.668. The molecule has 0 aliphatic carbocycles. The lowest BCUT2D eigenvalue weighted by Crippen LogP contribution is -2.31. The lowest BCUT2D eigenvalue weighted by Gasteiger charge is -2.13. The van der Waals surface area contributed by atoms with Gasteiger partial charge in [-0.15, -0.1) is 19.0 Å². The lowest BCUT2D eigenvalue weighted by atomic mass is 10.1. The molecule has 134 valence electrons. The van der Waals surface area contributed by atoms with E-state index in [0.29, 0.717) is 24.0 Å². The molecule has 1 fully saturated rings. The summed E-state index contributed by atoms with van der Waals surface area (Å²) in [5.74, 6) is 1.78. The van der Waals surface area contributed by atoms with Gasteiger partial charge in [-0.3, -0.25) is 4.79 Å². The molecule has 1 atom stereocenters. The van der Waals surface area contributed by atoms with Crippen LogP contribution in [0, 0.1) is 5.92 Å². The smallest absolute Gasteiger partial charge is 0.257 e. The Bertz CT molecular complexity index is 531. The molecule has 6 heteroatoms. The summed E-state index contributed by atoms with van der Waals surface area (Å²) in [4.78, 5) is 11.9. The van der Waals surface area contributed by atoms with Gasteiger partial charge in [-0.25, -0.2) is 0 Å². The summed E-state index contributed by atoms with van der Waals surface area (Å²) in [5.41, 5.74) is 1.10. The van der Waals surface area contributed by atoms with Crippen molar-refractivity contribution in [3.05, 3.63) is 36.4 Å². The van der Waals surface area contributed by atoms with Crippen molar-refractivity contribution in [2.24, 2.45) is 5.92 Å². The highest BCUT2D eigenvalue weighted by Crippen LogP contribution is 2.28. The number of carbonyl (C=O) groups excluding carboxylic acids is 1. The summed E-state index contributed by atoms with van der Waals surface area (Å²) in [6, 6.07) is 5.68. The van der Waals surface area contributed by atoms with E-state index in [2.05, 4.69) is 17.2 Å². The fraction of sp³-hybridized carbons (Fsp3) is 0.500. The van der Waals surface area contributed by atoms with E-state index in [4.69, 9.17) is 9.47 Å². The molecule has 1 aliphatic heterocycles. The molecule has 2 N–H and O–H groups in total. The summed E-state index contributed by atoms with van der Waals surface area (Å²) < 4.78 is 10.9. The van der Waals surface area contributed by atoms with E-state index in [1.807, 2.05) is 24.3 Å². The predicted octanol–water partition coefficient (Wildman–Crippen LogP) is 2.34. The van der Waals surface area contributed by atoms with Crippen molar-refractivity contribution in [1.29, 1.82) is 0 Å². The van der Waals surface area contributed by atoms with Crippen LogP contribution in [0.25, 0.3) is 0 Å². The highest BCUT2D eigenvalue weighted by molar-refractivity contribution is 5.85. The largest absolute Gasteiger partial charge is 0.493 e. The van der Waals surface area contributed by atoms with E-state index in [0.717, 1.165) is 31.5 Å². The van der Waals surface area contributed by atoms with Crippen molar-refractivity contribution in [2.75, 3.05) is 33.4 Å². The number of ether oxygens (including phenoxy) is 2. The Morgan fingerprint density at radius 3 is 2.96 bits per heavy atom. The molecule has 1 heterocycles. The minimum atomic E-state index is -0.104. The van der Waals surface area contributed by atoms with Gasteiger partial charge in [-0.1, -0.05) is 12.1 Å². The number of carbonyl (C=O) groups is 1. The zero-order valence-corrected chi connectivity index (χ0v) is 15.0. The van der Waals surface area contributed by atoms with E-state index in [-0.39, 0.29) is 24.9 Å². The number of halogens is 1. The van der Waals surface area contributed by atoms with Crippen LogP contribution in [0.15, 0.2) is 30.9 Å². The van der Waals surface area contributed by atoms with Gasteiger partial charge < -0.3 is 20.1 Å². The zero-order chi connectivity index (χ0) is 16.5. The maximum atomic E-state index is 11.9. The number of amides is 1. The van der Waals surface area contributed by atoms with Gasteiger partial charge in [0.05, 0.1) is 7.11 Å². The number of methoxy groups -OCH3 is 1. The van der Waals surface area contributed by atoms with Crippen LogP contribution in [0.5, 0.6) is 11.5 Å². The van der Waals surface area contributed by atoms with Crippen molar-refractivity contribution in [3.63, 3.8) is 0 Å². The third-order valence-corrected chi connectivity index (χ3v) is 4.00. The Morgan fingerprint density at radius 1 is 1.46 bits per heavy atom. The summed E-state index contributed by atoms with van der Waals surface area (Å²) >= 11 is 0. The maximum Gasteiger partial charge on any atom is 0.257 e. The molecule has 0 bridgehead atoms. The van der Waals surface area contributed by atoms with Crippen LogP contribution in [-0.4, -0.2) is 39.3 Å². The van der Waals surface area contributed by atoms with Gasteiger partial charge >= 0.3 is 0 Å². The molecule has 0 aromatic heterocycles. The molecular weight excluding hydrogens is 328 g/mol. The van der Waals surface area contributed by atoms with Crippen LogP contribution >= 0.6 is 12.4 Å². The van der Waals surface area contributed by atoms with Crippen LogP contribution < -0.4 is 20.1 Å². The number of rotatable bonds is 9. The monoisotopic (exact) mass is 354 g/mol. The average Bonchev–Trinajstić information content (AvgIpc) is 3.07. The fourth-order valence-corrected chi connectivity index (χ4v) is 2.70. The highest BCUT2D eigenvalue weighted by Gasteiger charge is 2.14. The topological polar surface area (TPSA) is 59.6 Å². The highest BCUT2D eigenvalue weighted by atomic mass is 35.5. The molecule has 1 saturated heterocycles. The predicted molar refractivity (Wildman–Crippen MR) is 98.2 cm³/mol. The number of allylic oxidation sites excluding steroid dienone is 1. The van der Waals surface area contributed by atoms with Gasteiger partial charge in [0.2, 0.25) is 0 Å². The van der Waals surface area contributed by atoms with Crippen LogP contribution in [0.3, 0.4) is 0 Å². The molecule has 0 radical (unpaired) electrons. The number of benzene rings is 1. The second-order valence-corrected chi connectivity index (χ2v) is 5.76. The molecule has 1 amide bonds. The first kappa shape index (κ1) is 20.3. The number of nitrogens with one attached hydrogen (secondary N) is 2. The minimum absolute atomic E-state index is 0. The van der Waals surface area contributed by atoms with E-state index < -0.39 is 0 Å².